The van der Waals surface area contributed by atoms with Crippen LogP contribution in [0.25, 0.3) is 0 Å². The summed E-state index contributed by atoms with van der Waals surface area (Å²) in [5.74, 6) is 0.479. The van der Waals surface area contributed by atoms with Crippen molar-refractivity contribution in [2.24, 2.45) is 7.05 Å². The Bertz CT molecular complexity index is 852. The van der Waals surface area contributed by atoms with Gasteiger partial charge in [-0.15, -0.1) is 0 Å². The summed E-state index contributed by atoms with van der Waals surface area (Å²) in [6.07, 6.45) is 6.84. The fourth-order valence-corrected chi connectivity index (χ4v) is 2.06. The number of nitro groups is 1. The molecule has 0 fully saturated rings. The molecule has 1 N–H and O–H groups in total. The Morgan fingerprint density at radius 2 is 2.00 bits per heavy atom. The van der Waals surface area contributed by atoms with Crippen LogP contribution in [0, 0.1) is 10.1 Å². The van der Waals surface area contributed by atoms with Crippen molar-refractivity contribution in [3.05, 3.63) is 47.0 Å². The lowest BCUT2D eigenvalue weighted by Gasteiger charge is -2.07. The lowest BCUT2D eigenvalue weighted by Crippen LogP contribution is -2.23. The molecule has 11 nitrogen and oxygen atoms in total. The minimum absolute atomic E-state index is 0.0294. The van der Waals surface area contributed by atoms with Gasteiger partial charge in [-0.3, -0.25) is 14.3 Å². The summed E-state index contributed by atoms with van der Waals surface area (Å²) in [7, 11) is -0.147. The Morgan fingerprint density at radius 1 is 1.33 bits per heavy atom. The van der Waals surface area contributed by atoms with Crippen LogP contribution in [0.4, 0.5) is 11.4 Å². The average molecular weight is 402 g/mol. The van der Waals surface area contributed by atoms with E-state index in [1.54, 1.807) is 12.1 Å². The number of anilines is 1. The number of ether oxygens (including phenoxy) is 1. The molecule has 0 unspecified atom stereocenters. The van der Waals surface area contributed by atoms with Crippen molar-refractivity contribution in [2.75, 3.05) is 26.1 Å². The molecule has 0 atom stereocenters. The van der Waals surface area contributed by atoms with E-state index >= 15 is 0 Å². The summed E-state index contributed by atoms with van der Waals surface area (Å²) in [6.45, 7) is 1.52. The van der Waals surface area contributed by atoms with Crippen LogP contribution >= 0.6 is 0 Å². The first-order valence-electron chi connectivity index (χ1n) is 7.75. The molecule has 2 rings (SSSR count). The van der Waals surface area contributed by atoms with Gasteiger partial charge in [0.1, 0.15) is 23.8 Å². The normalized spacial score (nSPS) is 10.7. The smallest absolute Gasteiger partial charge is 0.296 e. The van der Waals surface area contributed by atoms with Crippen molar-refractivity contribution in [2.45, 2.75) is 13.0 Å². The van der Waals surface area contributed by atoms with Crippen LogP contribution in [0.15, 0.2) is 36.9 Å². The minimum Gasteiger partial charge on any atom is -0.726 e. The van der Waals surface area contributed by atoms with Crippen molar-refractivity contribution >= 4 is 21.8 Å². The molecule has 0 aliphatic rings. The van der Waals surface area contributed by atoms with Crippen LogP contribution in [0.1, 0.15) is 6.42 Å². The molecule has 1 aromatic carbocycles. The van der Waals surface area contributed by atoms with E-state index in [0.717, 1.165) is 20.1 Å². The van der Waals surface area contributed by atoms with Gasteiger partial charge in [0, 0.05) is 13.0 Å². The van der Waals surface area contributed by atoms with Crippen LogP contribution in [0.2, 0.25) is 0 Å². The zero-order valence-corrected chi connectivity index (χ0v) is 16.0. The van der Waals surface area contributed by atoms with Crippen LogP contribution in [0.5, 0.6) is 5.75 Å². The summed E-state index contributed by atoms with van der Waals surface area (Å²) >= 11 is 0. The topological polar surface area (TPSA) is 140 Å². The number of benzene rings is 1. The van der Waals surface area contributed by atoms with E-state index < -0.39 is 15.3 Å². The third kappa shape index (κ3) is 8.48. The molecule has 150 valence electrons. The van der Waals surface area contributed by atoms with Gasteiger partial charge in [-0.05, 0) is 12.1 Å². The molecule has 0 saturated heterocycles. The third-order valence-electron chi connectivity index (χ3n) is 3.34. The molecule has 27 heavy (non-hydrogen) atoms. The Balaban J connectivity index is 0.000000527. The van der Waals surface area contributed by atoms with Crippen molar-refractivity contribution in [1.82, 2.24) is 4.57 Å². The number of hydrogen-bond acceptors (Lipinski definition) is 8. The summed E-state index contributed by atoms with van der Waals surface area (Å²) in [4.78, 5) is 10.6. The highest BCUT2D eigenvalue weighted by Crippen LogP contribution is 2.28. The van der Waals surface area contributed by atoms with Gasteiger partial charge in [-0.25, -0.2) is 17.6 Å². The molecule has 0 spiro atoms. The first-order valence-corrected chi connectivity index (χ1v) is 9.08. The van der Waals surface area contributed by atoms with E-state index in [-0.39, 0.29) is 5.69 Å². The molecule has 2 aromatic rings. The number of nitrogens with one attached hydrogen (secondary N) is 1. The van der Waals surface area contributed by atoms with Crippen LogP contribution in [0.3, 0.4) is 0 Å². The van der Waals surface area contributed by atoms with E-state index in [0.29, 0.717) is 18.0 Å². The molecular formula is C15H22N4O7S. The molecule has 1 heterocycles. The van der Waals surface area contributed by atoms with E-state index in [1.807, 2.05) is 30.3 Å². The largest absolute Gasteiger partial charge is 0.726 e. The number of nitrogens with zero attached hydrogens (tertiary/aromatic N) is 3. The maximum Gasteiger partial charge on any atom is 0.296 e. The lowest BCUT2D eigenvalue weighted by atomic mass is 10.2. The van der Waals surface area contributed by atoms with Crippen molar-refractivity contribution in [3.8, 4) is 5.75 Å². The SMILES string of the molecule is COS(=O)(=O)[O-].COc1ccc(NCCCn2cc[n+](C)c2)c([N+](=O)[O-])c1. The van der Waals surface area contributed by atoms with E-state index in [2.05, 4.69) is 14.1 Å². The van der Waals surface area contributed by atoms with Crippen LogP contribution in [-0.2, 0) is 28.2 Å². The summed E-state index contributed by atoms with van der Waals surface area (Å²) < 4.78 is 40.1. The average Bonchev–Trinajstić information content (AvgIpc) is 3.03. The number of nitro benzene ring substituents is 1. The van der Waals surface area contributed by atoms with Crippen LogP contribution < -0.4 is 14.6 Å². The second kappa shape index (κ2) is 10.4. The fraction of sp³-hybridized carbons (Fsp3) is 0.400. The maximum atomic E-state index is 11.0. The zero-order chi connectivity index (χ0) is 20.4. The van der Waals surface area contributed by atoms with E-state index in [1.165, 1.54) is 13.2 Å². The summed E-state index contributed by atoms with van der Waals surface area (Å²) in [5, 5.41) is 14.2. The predicted octanol–water partition coefficient (Wildman–Crippen LogP) is 0.825. The van der Waals surface area contributed by atoms with Gasteiger partial charge >= 0.3 is 0 Å². The molecule has 0 saturated carbocycles. The molecule has 12 heteroatoms. The van der Waals surface area contributed by atoms with Crippen LogP contribution in [-0.4, -0.2) is 43.2 Å². The maximum absolute atomic E-state index is 11.0. The monoisotopic (exact) mass is 402 g/mol. The fourth-order valence-electron chi connectivity index (χ4n) is 2.06. The van der Waals surface area contributed by atoms with Gasteiger partial charge < -0.3 is 14.6 Å². The second-order valence-corrected chi connectivity index (χ2v) is 6.46. The lowest BCUT2D eigenvalue weighted by molar-refractivity contribution is -0.671. The number of aryl methyl sites for hydroxylation is 2. The summed E-state index contributed by atoms with van der Waals surface area (Å²) in [5.41, 5.74) is 0.542. The quantitative estimate of drug-likeness (QED) is 0.171. The standard InChI is InChI=1S/C14H19N4O3.CH4O4S/c1-16-8-9-17(11-16)7-3-6-15-13-5-4-12(21-2)10-14(13)18(19)20;1-5-6(2,3)4/h4-5,8-11,15H,3,6-7H2,1-2H3;1H3,(H,2,3,4)/q+1;/p-1. The van der Waals surface area contributed by atoms with Crippen molar-refractivity contribution in [3.63, 3.8) is 0 Å². The Kier molecular flexibility index (Phi) is 8.65. The van der Waals surface area contributed by atoms with Gasteiger partial charge in [0.25, 0.3) is 5.69 Å². The number of aromatic nitrogens is 2. The van der Waals surface area contributed by atoms with E-state index in [4.69, 9.17) is 4.74 Å². The number of hydrogen-bond donors (Lipinski definition) is 1. The van der Waals surface area contributed by atoms with Gasteiger partial charge in [0.15, 0.2) is 0 Å². The molecule has 1 aromatic heterocycles. The van der Waals surface area contributed by atoms with Gasteiger partial charge in [-0.1, -0.05) is 0 Å². The first-order chi connectivity index (χ1) is 12.7. The number of rotatable bonds is 8. The van der Waals surface area contributed by atoms with Crippen molar-refractivity contribution < 1.29 is 31.4 Å². The van der Waals surface area contributed by atoms with Gasteiger partial charge in [0.2, 0.25) is 16.7 Å². The zero-order valence-electron chi connectivity index (χ0n) is 15.2. The Labute approximate surface area is 157 Å². The second-order valence-electron chi connectivity index (χ2n) is 5.31. The Hall–Kier alpha value is -2.70. The molecule has 0 aliphatic carbocycles. The molecule has 0 radical (unpaired) electrons. The third-order valence-corrected chi connectivity index (χ3v) is 3.75. The Morgan fingerprint density at radius 3 is 2.48 bits per heavy atom. The molecule has 0 bridgehead atoms. The van der Waals surface area contributed by atoms with Gasteiger partial charge in [0.05, 0.1) is 38.8 Å². The predicted molar refractivity (Wildman–Crippen MR) is 95.1 cm³/mol. The summed E-state index contributed by atoms with van der Waals surface area (Å²) in [6, 6.07) is 4.81. The van der Waals surface area contributed by atoms with Gasteiger partial charge in [-0.2, -0.15) is 0 Å². The van der Waals surface area contributed by atoms with Crippen molar-refractivity contribution in [1.29, 1.82) is 0 Å². The van der Waals surface area contributed by atoms with E-state index in [9.17, 15) is 23.1 Å². The molecule has 0 amide bonds. The number of imidazole rings is 1. The number of methoxy groups -OCH3 is 1. The minimum atomic E-state index is -4.41. The highest BCUT2D eigenvalue weighted by molar-refractivity contribution is 7.80. The first kappa shape index (κ1) is 22.3. The molecule has 0 aliphatic heterocycles. The highest BCUT2D eigenvalue weighted by atomic mass is 32.3. The highest BCUT2D eigenvalue weighted by Gasteiger charge is 2.14. The molecular weight excluding hydrogens is 380 g/mol.